The highest BCUT2D eigenvalue weighted by Gasteiger charge is 2.10. The lowest BCUT2D eigenvalue weighted by Gasteiger charge is -2.07. The zero-order chi connectivity index (χ0) is 12.4. The molecule has 0 fully saturated rings. The number of benzene rings is 1. The Bertz CT molecular complexity index is 517. The van der Waals surface area contributed by atoms with Crippen molar-refractivity contribution in [3.8, 4) is 0 Å². The standard InChI is InChI=1S/C13H18ClN3/c1-3-17-12-8-10(14)5-6-11(12)16-13(17)7-4-9(2)15/h5-6,8-9H,3-4,7,15H2,1-2H3. The molecule has 3 nitrogen and oxygen atoms in total. The molecular formula is C13H18ClN3. The Labute approximate surface area is 107 Å². The van der Waals surface area contributed by atoms with Gasteiger partial charge in [0.15, 0.2) is 0 Å². The van der Waals surface area contributed by atoms with Crippen molar-refractivity contribution in [2.75, 3.05) is 0 Å². The van der Waals surface area contributed by atoms with Crippen molar-refractivity contribution in [1.29, 1.82) is 0 Å². The summed E-state index contributed by atoms with van der Waals surface area (Å²) in [5.41, 5.74) is 7.91. The second-order valence-corrected chi connectivity index (χ2v) is 4.86. The van der Waals surface area contributed by atoms with Crippen LogP contribution in [0.4, 0.5) is 0 Å². The van der Waals surface area contributed by atoms with E-state index in [2.05, 4.69) is 16.5 Å². The van der Waals surface area contributed by atoms with E-state index in [1.54, 1.807) is 0 Å². The number of nitrogens with two attached hydrogens (primary N) is 1. The number of halogens is 1. The van der Waals surface area contributed by atoms with E-state index < -0.39 is 0 Å². The molecule has 0 saturated heterocycles. The summed E-state index contributed by atoms with van der Waals surface area (Å²) in [5, 5.41) is 0.755. The average molecular weight is 252 g/mol. The summed E-state index contributed by atoms with van der Waals surface area (Å²) in [7, 11) is 0. The molecule has 1 atom stereocenters. The second-order valence-electron chi connectivity index (χ2n) is 4.42. The molecule has 1 aromatic carbocycles. The summed E-state index contributed by atoms with van der Waals surface area (Å²) in [6.45, 7) is 5.05. The van der Waals surface area contributed by atoms with Crippen molar-refractivity contribution in [1.82, 2.24) is 9.55 Å². The van der Waals surface area contributed by atoms with Gasteiger partial charge in [-0.2, -0.15) is 0 Å². The summed E-state index contributed by atoms with van der Waals surface area (Å²) in [6.07, 6.45) is 1.87. The SMILES string of the molecule is CCn1c(CCC(C)N)nc2ccc(Cl)cc21. The third-order valence-electron chi connectivity index (χ3n) is 2.93. The lowest BCUT2D eigenvalue weighted by Crippen LogP contribution is -2.16. The van der Waals surface area contributed by atoms with Crippen molar-refractivity contribution in [2.45, 2.75) is 39.3 Å². The topological polar surface area (TPSA) is 43.8 Å². The van der Waals surface area contributed by atoms with Gasteiger partial charge in [0.1, 0.15) is 5.82 Å². The van der Waals surface area contributed by atoms with Gasteiger partial charge in [-0.05, 0) is 38.5 Å². The Morgan fingerprint density at radius 2 is 2.24 bits per heavy atom. The van der Waals surface area contributed by atoms with Crippen LogP contribution in [-0.4, -0.2) is 15.6 Å². The second kappa shape index (κ2) is 5.07. The fourth-order valence-electron chi connectivity index (χ4n) is 2.05. The minimum atomic E-state index is 0.212. The largest absolute Gasteiger partial charge is 0.328 e. The number of hydrogen-bond donors (Lipinski definition) is 1. The zero-order valence-corrected chi connectivity index (χ0v) is 11.0. The smallest absolute Gasteiger partial charge is 0.109 e. The van der Waals surface area contributed by atoms with Crippen molar-refractivity contribution in [2.24, 2.45) is 5.73 Å². The molecule has 2 rings (SSSR count). The van der Waals surface area contributed by atoms with Crippen LogP contribution in [0.1, 0.15) is 26.1 Å². The van der Waals surface area contributed by atoms with Gasteiger partial charge in [0.25, 0.3) is 0 Å². The van der Waals surface area contributed by atoms with Gasteiger partial charge < -0.3 is 10.3 Å². The number of rotatable bonds is 4. The van der Waals surface area contributed by atoms with E-state index in [-0.39, 0.29) is 6.04 Å². The molecule has 0 amide bonds. The van der Waals surface area contributed by atoms with Crippen molar-refractivity contribution < 1.29 is 0 Å². The van der Waals surface area contributed by atoms with Gasteiger partial charge in [-0.1, -0.05) is 11.6 Å². The molecule has 2 N–H and O–H groups in total. The van der Waals surface area contributed by atoms with E-state index in [9.17, 15) is 0 Å². The van der Waals surface area contributed by atoms with Crippen LogP contribution in [0.25, 0.3) is 11.0 Å². The Hall–Kier alpha value is -1.06. The van der Waals surface area contributed by atoms with Crippen LogP contribution >= 0.6 is 11.6 Å². The monoisotopic (exact) mass is 251 g/mol. The van der Waals surface area contributed by atoms with Crippen LogP contribution < -0.4 is 5.73 Å². The minimum Gasteiger partial charge on any atom is -0.328 e. The Morgan fingerprint density at radius 1 is 1.47 bits per heavy atom. The van der Waals surface area contributed by atoms with E-state index in [0.717, 1.165) is 41.3 Å². The molecule has 92 valence electrons. The van der Waals surface area contributed by atoms with Gasteiger partial charge in [-0.3, -0.25) is 0 Å². The van der Waals surface area contributed by atoms with Crippen LogP contribution in [0, 0.1) is 0 Å². The number of nitrogens with zero attached hydrogens (tertiary/aromatic N) is 2. The van der Waals surface area contributed by atoms with E-state index in [1.165, 1.54) is 0 Å². The van der Waals surface area contributed by atoms with Crippen LogP contribution in [0.5, 0.6) is 0 Å². The molecule has 0 aliphatic carbocycles. The zero-order valence-electron chi connectivity index (χ0n) is 10.3. The van der Waals surface area contributed by atoms with Crippen molar-refractivity contribution in [3.63, 3.8) is 0 Å². The number of imidazole rings is 1. The number of hydrogen-bond acceptors (Lipinski definition) is 2. The summed E-state index contributed by atoms with van der Waals surface area (Å²) in [5.74, 6) is 1.10. The predicted octanol–water partition coefficient (Wildman–Crippen LogP) is 2.99. The Kier molecular flexibility index (Phi) is 3.69. The first-order chi connectivity index (χ1) is 8.11. The van der Waals surface area contributed by atoms with Gasteiger partial charge >= 0.3 is 0 Å². The molecule has 0 aliphatic rings. The fourth-order valence-corrected chi connectivity index (χ4v) is 2.21. The molecule has 0 spiro atoms. The van der Waals surface area contributed by atoms with E-state index in [4.69, 9.17) is 17.3 Å². The summed E-state index contributed by atoms with van der Waals surface area (Å²) in [4.78, 5) is 4.65. The molecule has 0 bridgehead atoms. The highest BCUT2D eigenvalue weighted by atomic mass is 35.5. The van der Waals surface area contributed by atoms with E-state index >= 15 is 0 Å². The maximum absolute atomic E-state index is 6.02. The van der Waals surface area contributed by atoms with Gasteiger partial charge in [0.2, 0.25) is 0 Å². The predicted molar refractivity (Wildman–Crippen MR) is 72.4 cm³/mol. The van der Waals surface area contributed by atoms with Gasteiger partial charge in [0.05, 0.1) is 11.0 Å². The molecule has 1 aromatic heterocycles. The van der Waals surface area contributed by atoms with Crippen molar-refractivity contribution in [3.05, 3.63) is 29.0 Å². The third kappa shape index (κ3) is 2.61. The fraction of sp³-hybridized carbons (Fsp3) is 0.462. The van der Waals surface area contributed by atoms with E-state index in [0.29, 0.717) is 0 Å². The lowest BCUT2D eigenvalue weighted by atomic mass is 10.2. The van der Waals surface area contributed by atoms with Crippen LogP contribution in [0.3, 0.4) is 0 Å². The first-order valence-electron chi connectivity index (χ1n) is 6.02. The molecule has 17 heavy (non-hydrogen) atoms. The highest BCUT2D eigenvalue weighted by Crippen LogP contribution is 2.21. The molecule has 4 heteroatoms. The maximum atomic E-state index is 6.02. The molecule has 0 radical (unpaired) electrons. The van der Waals surface area contributed by atoms with Gasteiger partial charge in [-0.25, -0.2) is 4.98 Å². The first-order valence-corrected chi connectivity index (χ1v) is 6.40. The van der Waals surface area contributed by atoms with Crippen LogP contribution in [-0.2, 0) is 13.0 Å². The number of aryl methyl sites for hydroxylation is 2. The van der Waals surface area contributed by atoms with Gasteiger partial charge in [0, 0.05) is 24.0 Å². The lowest BCUT2D eigenvalue weighted by molar-refractivity contribution is 0.620. The van der Waals surface area contributed by atoms with E-state index in [1.807, 2.05) is 25.1 Å². The summed E-state index contributed by atoms with van der Waals surface area (Å²) < 4.78 is 2.21. The third-order valence-corrected chi connectivity index (χ3v) is 3.16. The summed E-state index contributed by atoms with van der Waals surface area (Å²) >= 11 is 6.02. The average Bonchev–Trinajstić information content (AvgIpc) is 2.63. The highest BCUT2D eigenvalue weighted by molar-refractivity contribution is 6.31. The number of aromatic nitrogens is 2. The van der Waals surface area contributed by atoms with Crippen molar-refractivity contribution >= 4 is 22.6 Å². The molecule has 2 aromatic rings. The Balaban J connectivity index is 2.41. The minimum absolute atomic E-state index is 0.212. The maximum Gasteiger partial charge on any atom is 0.109 e. The summed E-state index contributed by atoms with van der Waals surface area (Å²) in [6, 6.07) is 6.04. The first kappa shape index (κ1) is 12.4. The van der Waals surface area contributed by atoms with Crippen LogP contribution in [0.2, 0.25) is 5.02 Å². The molecule has 1 unspecified atom stereocenters. The Morgan fingerprint density at radius 3 is 2.88 bits per heavy atom. The molecule has 0 saturated carbocycles. The number of fused-ring (bicyclic) bond motifs is 1. The molecule has 0 aliphatic heterocycles. The van der Waals surface area contributed by atoms with Crippen LogP contribution in [0.15, 0.2) is 18.2 Å². The molecule has 1 heterocycles. The quantitative estimate of drug-likeness (QED) is 0.908. The molecular weight excluding hydrogens is 234 g/mol. The normalized spacial score (nSPS) is 13.2. The van der Waals surface area contributed by atoms with Gasteiger partial charge in [-0.15, -0.1) is 0 Å².